The van der Waals surface area contributed by atoms with E-state index in [9.17, 15) is 20.0 Å². The first-order valence-electron chi connectivity index (χ1n) is 10.5. The molecular formula is C23H27N5O3. The lowest BCUT2D eigenvalue weighted by Crippen LogP contribution is -2.56. The monoisotopic (exact) mass is 421 g/mol. The molecule has 1 aromatic carbocycles. The maximum Gasteiger partial charge on any atom is 0.273 e. The lowest BCUT2D eigenvalue weighted by atomic mass is 9.86. The highest BCUT2D eigenvalue weighted by atomic mass is 16.3. The van der Waals surface area contributed by atoms with Crippen molar-refractivity contribution in [3.05, 3.63) is 59.4 Å². The van der Waals surface area contributed by atoms with Gasteiger partial charge in [-0.05, 0) is 56.5 Å². The summed E-state index contributed by atoms with van der Waals surface area (Å²) in [5.74, 6) is -0.201. The number of nitrogens with one attached hydrogen (secondary N) is 1. The average molecular weight is 422 g/mol. The smallest absolute Gasteiger partial charge is 0.273 e. The molecule has 1 saturated heterocycles. The Morgan fingerprint density at radius 3 is 2.55 bits per heavy atom. The van der Waals surface area contributed by atoms with E-state index >= 15 is 0 Å². The van der Waals surface area contributed by atoms with E-state index in [4.69, 9.17) is 0 Å². The molecule has 4 rings (SSSR count). The molecule has 2 N–H and O–H groups in total. The molecule has 0 spiro atoms. The van der Waals surface area contributed by atoms with E-state index in [1.54, 1.807) is 44.9 Å². The van der Waals surface area contributed by atoms with E-state index in [1.807, 2.05) is 26.0 Å². The predicted octanol–water partition coefficient (Wildman–Crippen LogP) is 1.91. The number of benzene rings is 1. The first kappa shape index (κ1) is 20.9. The molecule has 1 aromatic heterocycles. The van der Waals surface area contributed by atoms with E-state index in [1.165, 1.54) is 0 Å². The summed E-state index contributed by atoms with van der Waals surface area (Å²) in [5.41, 5.74) is 3.48. The molecule has 0 aliphatic carbocycles. The van der Waals surface area contributed by atoms with Gasteiger partial charge in [-0.2, -0.15) is 5.26 Å². The number of piperidine rings is 1. The third kappa shape index (κ3) is 4.01. The van der Waals surface area contributed by atoms with Crippen molar-refractivity contribution in [3.63, 3.8) is 0 Å². The van der Waals surface area contributed by atoms with Gasteiger partial charge in [0.25, 0.3) is 11.8 Å². The Labute approximate surface area is 181 Å². The number of aliphatic hydroxyl groups is 1. The summed E-state index contributed by atoms with van der Waals surface area (Å²) in [6.07, 6.45) is 2.60. The molecule has 2 aliphatic rings. The largest absolute Gasteiger partial charge is 0.388 e. The average Bonchev–Trinajstić information content (AvgIpc) is 3.25. The number of nitriles is 1. The maximum absolute atomic E-state index is 12.9. The van der Waals surface area contributed by atoms with Crippen molar-refractivity contribution in [3.8, 4) is 6.07 Å². The number of carbonyl (C=O) groups is 2. The van der Waals surface area contributed by atoms with Crippen LogP contribution in [0.2, 0.25) is 0 Å². The Hall–Kier alpha value is -3.31. The Morgan fingerprint density at radius 2 is 1.90 bits per heavy atom. The van der Waals surface area contributed by atoms with E-state index < -0.39 is 11.0 Å². The van der Waals surface area contributed by atoms with Crippen molar-refractivity contribution >= 4 is 11.8 Å². The fourth-order valence-electron chi connectivity index (χ4n) is 4.13. The third-order valence-electron chi connectivity index (χ3n) is 6.29. The van der Waals surface area contributed by atoms with Gasteiger partial charge in [0, 0.05) is 24.8 Å². The van der Waals surface area contributed by atoms with Crippen molar-refractivity contribution in [1.29, 1.82) is 5.26 Å². The quantitative estimate of drug-likeness (QED) is 0.785. The number of amides is 2. The summed E-state index contributed by atoms with van der Waals surface area (Å²) < 4.78 is 1.69. The minimum absolute atomic E-state index is 0.0862. The molecule has 2 aliphatic heterocycles. The van der Waals surface area contributed by atoms with Crippen LogP contribution in [-0.2, 0) is 5.41 Å². The second kappa shape index (κ2) is 7.75. The summed E-state index contributed by atoms with van der Waals surface area (Å²) in [4.78, 5) is 28.9. The Kier molecular flexibility index (Phi) is 5.23. The molecule has 0 saturated carbocycles. The highest BCUT2D eigenvalue weighted by Gasteiger charge is 2.38. The van der Waals surface area contributed by atoms with Crippen molar-refractivity contribution in [2.24, 2.45) is 0 Å². The molecule has 0 radical (unpaired) electrons. The molecule has 0 unspecified atom stereocenters. The molecule has 2 amide bonds. The lowest BCUT2D eigenvalue weighted by molar-refractivity contribution is -0.0369. The zero-order valence-electron chi connectivity index (χ0n) is 17.8. The number of hydrogen-bond acceptors (Lipinski definition) is 5. The molecule has 8 nitrogen and oxygen atoms in total. The molecular weight excluding hydrogens is 394 g/mol. The van der Waals surface area contributed by atoms with E-state index in [-0.39, 0.29) is 18.4 Å². The molecule has 2 aromatic rings. The van der Waals surface area contributed by atoms with E-state index in [0.29, 0.717) is 43.9 Å². The van der Waals surface area contributed by atoms with E-state index in [2.05, 4.69) is 11.5 Å². The normalized spacial score (nSPS) is 18.2. The number of likely N-dealkylation sites (tertiary alicyclic amines) is 1. The Morgan fingerprint density at radius 1 is 1.23 bits per heavy atom. The number of aromatic nitrogens is 1. The number of β-amino-alcohol motifs (C(OH)–C–C–N with tert-alkyl or cyclic N) is 1. The van der Waals surface area contributed by atoms with Gasteiger partial charge in [0.2, 0.25) is 0 Å². The van der Waals surface area contributed by atoms with Crippen LogP contribution in [0, 0.1) is 11.3 Å². The number of fused-ring (bicyclic) bond motifs is 1. The van der Waals surface area contributed by atoms with Crippen molar-refractivity contribution in [2.45, 2.75) is 37.7 Å². The van der Waals surface area contributed by atoms with Crippen LogP contribution < -0.4 is 5.43 Å². The van der Waals surface area contributed by atoms with Crippen LogP contribution in [0.15, 0.2) is 42.6 Å². The van der Waals surface area contributed by atoms with Crippen LogP contribution >= 0.6 is 0 Å². The van der Waals surface area contributed by atoms with Crippen LogP contribution in [0.4, 0.5) is 0 Å². The zero-order valence-corrected chi connectivity index (χ0v) is 17.8. The van der Waals surface area contributed by atoms with Gasteiger partial charge >= 0.3 is 0 Å². The van der Waals surface area contributed by atoms with Gasteiger partial charge in [0.05, 0.1) is 23.6 Å². The first-order chi connectivity index (χ1) is 14.7. The SMILES string of the molecule is CC(C)(C#N)c1ccc(C(=O)N2CCC(O)(CN3CNn4cccc4C3=O)CC2)cc1. The summed E-state index contributed by atoms with van der Waals surface area (Å²) in [7, 11) is 0. The van der Waals surface area contributed by atoms with Gasteiger partial charge < -0.3 is 20.3 Å². The second-order valence-electron chi connectivity index (χ2n) is 8.91. The molecule has 31 heavy (non-hydrogen) atoms. The standard InChI is InChI=1S/C23H27N5O3/c1-22(2,14-24)18-7-5-17(6-8-18)20(29)26-12-9-23(31,10-13-26)15-27-16-25-28-11-3-4-19(28)21(27)30/h3-8,11,25,31H,9-10,12-13,15-16H2,1-2H3. The van der Waals surface area contributed by atoms with Crippen LogP contribution in [-0.4, -0.2) is 63.3 Å². The molecule has 8 heteroatoms. The maximum atomic E-state index is 12.9. The van der Waals surface area contributed by atoms with Gasteiger partial charge in [-0.15, -0.1) is 0 Å². The van der Waals surface area contributed by atoms with Crippen LogP contribution in [0.1, 0.15) is 53.1 Å². The van der Waals surface area contributed by atoms with Gasteiger partial charge in [-0.1, -0.05) is 12.1 Å². The summed E-state index contributed by atoms with van der Waals surface area (Å²) in [6.45, 7) is 5.09. The number of carbonyl (C=O) groups excluding carboxylic acids is 2. The Balaban J connectivity index is 1.36. The fourth-order valence-corrected chi connectivity index (χ4v) is 4.13. The molecule has 0 atom stereocenters. The third-order valence-corrected chi connectivity index (χ3v) is 6.29. The molecule has 1 fully saturated rings. The predicted molar refractivity (Wildman–Crippen MR) is 115 cm³/mol. The Bertz CT molecular complexity index is 1030. The molecule has 3 heterocycles. The fraction of sp³-hybridized carbons (Fsp3) is 0.435. The minimum Gasteiger partial charge on any atom is -0.388 e. The summed E-state index contributed by atoms with van der Waals surface area (Å²) in [6, 6.07) is 13.0. The first-order valence-corrected chi connectivity index (χ1v) is 10.5. The number of rotatable bonds is 4. The lowest BCUT2D eigenvalue weighted by Gasteiger charge is -2.42. The number of hydrogen-bond donors (Lipinski definition) is 2. The zero-order chi connectivity index (χ0) is 22.2. The van der Waals surface area contributed by atoms with Crippen LogP contribution in [0.25, 0.3) is 0 Å². The highest BCUT2D eigenvalue weighted by molar-refractivity contribution is 5.94. The summed E-state index contributed by atoms with van der Waals surface area (Å²) in [5, 5.41) is 20.3. The molecule has 162 valence electrons. The molecule has 0 bridgehead atoms. The van der Waals surface area contributed by atoms with Gasteiger partial charge in [0.1, 0.15) is 12.4 Å². The van der Waals surface area contributed by atoms with Crippen LogP contribution in [0.5, 0.6) is 0 Å². The number of nitrogens with zero attached hydrogens (tertiary/aromatic N) is 4. The van der Waals surface area contributed by atoms with Crippen molar-refractivity contribution in [1.82, 2.24) is 14.5 Å². The van der Waals surface area contributed by atoms with Gasteiger partial charge in [-0.25, -0.2) is 0 Å². The van der Waals surface area contributed by atoms with E-state index in [0.717, 1.165) is 5.56 Å². The van der Waals surface area contributed by atoms with Gasteiger partial charge in [0.15, 0.2) is 0 Å². The minimum atomic E-state index is -1.02. The topological polar surface area (TPSA) is 102 Å². The van der Waals surface area contributed by atoms with Gasteiger partial charge in [-0.3, -0.25) is 14.3 Å². The second-order valence-corrected chi connectivity index (χ2v) is 8.91. The van der Waals surface area contributed by atoms with Crippen molar-refractivity contribution < 1.29 is 14.7 Å². The summed E-state index contributed by atoms with van der Waals surface area (Å²) >= 11 is 0. The van der Waals surface area contributed by atoms with Crippen LogP contribution in [0.3, 0.4) is 0 Å². The van der Waals surface area contributed by atoms with Crippen molar-refractivity contribution in [2.75, 3.05) is 31.7 Å². The highest BCUT2D eigenvalue weighted by Crippen LogP contribution is 2.27.